The highest BCUT2D eigenvalue weighted by molar-refractivity contribution is 6.39. The third-order valence-electron chi connectivity index (χ3n) is 10.8. The van der Waals surface area contributed by atoms with Crippen molar-refractivity contribution in [3.8, 4) is 22.8 Å². The van der Waals surface area contributed by atoms with Crippen molar-refractivity contribution in [2.24, 2.45) is 0 Å². The third kappa shape index (κ3) is 3.18. The molecule has 11 aromatic rings. The van der Waals surface area contributed by atoms with E-state index in [4.69, 9.17) is 9.97 Å². The molecule has 0 unspecified atom stereocenters. The van der Waals surface area contributed by atoms with Crippen LogP contribution in [-0.2, 0) is 6.42 Å². The molecule has 0 spiro atoms. The molecule has 0 saturated carbocycles. The number of aromatic nitrogens is 4. The van der Waals surface area contributed by atoms with Crippen LogP contribution in [0.1, 0.15) is 11.1 Å². The first-order valence-electron chi connectivity index (χ1n) is 16.9. The minimum absolute atomic E-state index is 0.852. The Labute approximate surface area is 280 Å². The van der Waals surface area contributed by atoms with Gasteiger partial charge in [-0.25, -0.2) is 9.97 Å². The van der Waals surface area contributed by atoms with Crippen molar-refractivity contribution in [1.82, 2.24) is 19.1 Å². The zero-order chi connectivity index (χ0) is 31.8. The second kappa shape index (κ2) is 9.09. The van der Waals surface area contributed by atoms with Gasteiger partial charge in [0, 0.05) is 32.8 Å². The summed E-state index contributed by atoms with van der Waals surface area (Å²) in [6, 6.07) is 52.5. The standard InChI is InChI=1S/C45H26N4/c1-3-11-26(12-4-1)44-45(47-33-18-8-7-17-32(33)46-44)49-35-20-10-16-31-30-15-9-19-34-40(30)42-36(48(34)29-13-5-2-6-14-29)23-21-27-25-28-22-24-37(49)43(41(31)35)39(28)38(27)42/h1-24H,25H2. The van der Waals surface area contributed by atoms with Gasteiger partial charge in [-0.05, 0) is 87.6 Å². The number of hydrogen-bond donors (Lipinski definition) is 0. The van der Waals surface area contributed by atoms with E-state index >= 15 is 0 Å². The number of hydrogen-bond acceptors (Lipinski definition) is 2. The van der Waals surface area contributed by atoms with Crippen molar-refractivity contribution >= 4 is 76.2 Å². The Balaban J connectivity index is 1.35. The lowest BCUT2D eigenvalue weighted by Crippen LogP contribution is -2.03. The Morgan fingerprint density at radius 2 is 0.918 bits per heavy atom. The first-order valence-corrected chi connectivity index (χ1v) is 16.9. The summed E-state index contributed by atoms with van der Waals surface area (Å²) in [4.78, 5) is 10.7. The van der Waals surface area contributed by atoms with Crippen molar-refractivity contribution in [1.29, 1.82) is 0 Å². The average molecular weight is 623 g/mol. The SMILES string of the molecule is c1ccc(-c2nc3ccccc3nc2-n2c3cccc4c5cccc6c5c5c7c(ccc5n6-c5ccccc5)Cc5ccc2c(c57)c43)cc1. The number of para-hydroxylation sites is 3. The maximum Gasteiger partial charge on any atom is 0.165 e. The van der Waals surface area contributed by atoms with Gasteiger partial charge in [0.05, 0.1) is 33.1 Å². The third-order valence-corrected chi connectivity index (χ3v) is 10.8. The fourth-order valence-electron chi connectivity index (χ4n) is 8.93. The van der Waals surface area contributed by atoms with E-state index in [1.807, 2.05) is 12.1 Å². The van der Waals surface area contributed by atoms with Crippen LogP contribution in [-0.4, -0.2) is 19.1 Å². The van der Waals surface area contributed by atoms with Gasteiger partial charge >= 0.3 is 0 Å². The van der Waals surface area contributed by atoms with Gasteiger partial charge in [-0.2, -0.15) is 0 Å². The van der Waals surface area contributed by atoms with Crippen LogP contribution in [0.3, 0.4) is 0 Å². The zero-order valence-corrected chi connectivity index (χ0v) is 26.4. The van der Waals surface area contributed by atoms with Crippen molar-refractivity contribution in [2.75, 3.05) is 0 Å². The van der Waals surface area contributed by atoms with Gasteiger partial charge in [-0.15, -0.1) is 0 Å². The summed E-state index contributed by atoms with van der Waals surface area (Å²) in [5.41, 5.74) is 12.5. The van der Waals surface area contributed by atoms with E-state index in [0.29, 0.717) is 0 Å². The lowest BCUT2D eigenvalue weighted by molar-refractivity contribution is 1.08. The van der Waals surface area contributed by atoms with Crippen LogP contribution in [0.5, 0.6) is 0 Å². The lowest BCUT2D eigenvalue weighted by Gasteiger charge is -2.14. The van der Waals surface area contributed by atoms with Crippen LogP contribution in [0.4, 0.5) is 0 Å². The van der Waals surface area contributed by atoms with E-state index in [-0.39, 0.29) is 0 Å². The highest BCUT2D eigenvalue weighted by Crippen LogP contribution is 2.51. The van der Waals surface area contributed by atoms with Gasteiger partial charge in [0.15, 0.2) is 5.82 Å². The second-order valence-electron chi connectivity index (χ2n) is 13.3. The lowest BCUT2D eigenvalue weighted by atomic mass is 9.95. The summed E-state index contributed by atoms with van der Waals surface area (Å²) in [5.74, 6) is 0.852. The van der Waals surface area contributed by atoms with Gasteiger partial charge in [0.1, 0.15) is 5.69 Å². The monoisotopic (exact) mass is 622 g/mol. The molecule has 0 aliphatic heterocycles. The predicted octanol–water partition coefficient (Wildman–Crippen LogP) is 11.1. The fourth-order valence-corrected chi connectivity index (χ4v) is 8.93. The molecule has 49 heavy (non-hydrogen) atoms. The van der Waals surface area contributed by atoms with Crippen LogP contribution in [0.2, 0.25) is 0 Å². The molecule has 0 amide bonds. The van der Waals surface area contributed by atoms with E-state index in [9.17, 15) is 0 Å². The summed E-state index contributed by atoms with van der Waals surface area (Å²) in [5, 5.41) is 10.5. The maximum absolute atomic E-state index is 5.41. The molecule has 226 valence electrons. The van der Waals surface area contributed by atoms with Crippen molar-refractivity contribution < 1.29 is 0 Å². The van der Waals surface area contributed by atoms with Crippen LogP contribution in [0.25, 0.3) is 99.0 Å². The molecular formula is C45H26N4. The summed E-state index contributed by atoms with van der Waals surface area (Å²) in [6.07, 6.45) is 0.927. The number of nitrogens with zero attached hydrogens (tertiary/aromatic N) is 4. The molecule has 0 fully saturated rings. The Hall–Kier alpha value is -6.52. The van der Waals surface area contributed by atoms with Crippen LogP contribution >= 0.6 is 0 Å². The van der Waals surface area contributed by atoms with Crippen LogP contribution < -0.4 is 0 Å². The molecule has 4 heteroatoms. The molecule has 1 aliphatic rings. The smallest absolute Gasteiger partial charge is 0.165 e. The van der Waals surface area contributed by atoms with E-state index < -0.39 is 0 Å². The van der Waals surface area contributed by atoms with E-state index in [1.165, 1.54) is 70.9 Å². The molecule has 12 rings (SSSR count). The van der Waals surface area contributed by atoms with E-state index in [0.717, 1.165) is 45.6 Å². The highest BCUT2D eigenvalue weighted by Gasteiger charge is 2.28. The molecule has 3 aromatic heterocycles. The van der Waals surface area contributed by atoms with Gasteiger partial charge in [0.2, 0.25) is 0 Å². The Morgan fingerprint density at radius 1 is 0.388 bits per heavy atom. The predicted molar refractivity (Wildman–Crippen MR) is 203 cm³/mol. The molecule has 1 aliphatic carbocycles. The second-order valence-corrected chi connectivity index (χ2v) is 13.3. The molecule has 0 radical (unpaired) electrons. The van der Waals surface area contributed by atoms with Gasteiger partial charge in [-0.1, -0.05) is 97.1 Å². The normalized spacial score (nSPS) is 12.8. The van der Waals surface area contributed by atoms with Crippen LogP contribution in [0, 0.1) is 0 Å². The van der Waals surface area contributed by atoms with Crippen molar-refractivity contribution in [2.45, 2.75) is 6.42 Å². The van der Waals surface area contributed by atoms with Crippen molar-refractivity contribution in [3.05, 3.63) is 157 Å². The average Bonchev–Trinajstić information content (AvgIpc) is 3.81. The summed E-state index contributed by atoms with van der Waals surface area (Å²) in [7, 11) is 0. The largest absolute Gasteiger partial charge is 0.309 e. The van der Waals surface area contributed by atoms with Gasteiger partial charge in [0.25, 0.3) is 0 Å². The minimum atomic E-state index is 0.852. The maximum atomic E-state index is 5.41. The number of rotatable bonds is 3. The Kier molecular flexibility index (Phi) is 4.74. The summed E-state index contributed by atoms with van der Waals surface area (Å²) >= 11 is 0. The Bertz CT molecular complexity index is 3170. The molecule has 4 nitrogen and oxygen atoms in total. The molecule has 0 bridgehead atoms. The molecular weight excluding hydrogens is 597 g/mol. The number of benzene rings is 7. The Morgan fingerprint density at radius 3 is 1.57 bits per heavy atom. The van der Waals surface area contributed by atoms with E-state index in [2.05, 4.69) is 143 Å². The molecule has 8 aromatic carbocycles. The first kappa shape index (κ1) is 25.6. The molecule has 0 atom stereocenters. The van der Waals surface area contributed by atoms with Crippen molar-refractivity contribution in [3.63, 3.8) is 0 Å². The van der Waals surface area contributed by atoms with Gasteiger partial charge in [-0.3, -0.25) is 4.57 Å². The molecule has 3 heterocycles. The van der Waals surface area contributed by atoms with Gasteiger partial charge < -0.3 is 4.57 Å². The highest BCUT2D eigenvalue weighted by atomic mass is 15.1. The zero-order valence-electron chi connectivity index (χ0n) is 26.4. The molecule has 0 N–H and O–H groups in total. The summed E-state index contributed by atoms with van der Waals surface area (Å²) < 4.78 is 4.84. The van der Waals surface area contributed by atoms with Crippen LogP contribution in [0.15, 0.2) is 146 Å². The fraction of sp³-hybridized carbons (Fsp3) is 0.0222. The first-order chi connectivity index (χ1) is 24.3. The van der Waals surface area contributed by atoms with E-state index in [1.54, 1.807) is 0 Å². The minimum Gasteiger partial charge on any atom is -0.309 e. The summed E-state index contributed by atoms with van der Waals surface area (Å²) in [6.45, 7) is 0. The topological polar surface area (TPSA) is 35.6 Å². The number of fused-ring (bicyclic) bond motifs is 2. The molecule has 0 saturated heterocycles. The quantitative estimate of drug-likeness (QED) is 0.197.